The Bertz CT molecular complexity index is 686. The molecule has 3 amide bonds. The lowest BCUT2D eigenvalue weighted by Gasteiger charge is -2.35. The van der Waals surface area contributed by atoms with Crippen LogP contribution in [0.2, 0.25) is 0 Å². The minimum absolute atomic E-state index is 0.0188. The van der Waals surface area contributed by atoms with Crippen LogP contribution in [0.1, 0.15) is 25.7 Å². The van der Waals surface area contributed by atoms with Gasteiger partial charge in [-0.3, -0.25) is 9.69 Å². The number of rotatable bonds is 7. The molecule has 1 unspecified atom stereocenters. The Morgan fingerprint density at radius 3 is 2.21 bits per heavy atom. The number of para-hydroxylation sites is 2. The third-order valence-corrected chi connectivity index (χ3v) is 4.96. The van der Waals surface area contributed by atoms with Crippen LogP contribution in [-0.2, 0) is 4.79 Å². The van der Waals surface area contributed by atoms with Crippen LogP contribution in [-0.4, -0.2) is 42.5 Å². The van der Waals surface area contributed by atoms with Crippen molar-refractivity contribution >= 4 is 23.3 Å². The maximum atomic E-state index is 12.2. The first-order valence-electron chi connectivity index (χ1n) is 9.89. The normalized spacial score (nSPS) is 16.9. The summed E-state index contributed by atoms with van der Waals surface area (Å²) < 4.78 is 0. The van der Waals surface area contributed by atoms with Gasteiger partial charge in [-0.25, -0.2) is 4.79 Å². The fourth-order valence-electron chi connectivity index (χ4n) is 3.48. The highest BCUT2D eigenvalue weighted by Crippen LogP contribution is 2.17. The molecule has 2 aromatic carbocycles. The summed E-state index contributed by atoms with van der Waals surface area (Å²) in [5, 5.41) is 8.74. The molecule has 1 saturated heterocycles. The molecule has 148 valence electrons. The van der Waals surface area contributed by atoms with Gasteiger partial charge < -0.3 is 16.0 Å². The van der Waals surface area contributed by atoms with Crippen LogP contribution in [0.4, 0.5) is 16.2 Å². The van der Waals surface area contributed by atoms with Gasteiger partial charge in [0, 0.05) is 36.9 Å². The van der Waals surface area contributed by atoms with Gasteiger partial charge in [-0.1, -0.05) is 42.8 Å². The maximum Gasteiger partial charge on any atom is 0.319 e. The smallest absolute Gasteiger partial charge is 0.319 e. The van der Waals surface area contributed by atoms with E-state index in [4.69, 9.17) is 0 Å². The fourth-order valence-corrected chi connectivity index (χ4v) is 3.48. The Kier molecular flexibility index (Phi) is 7.44. The molecule has 1 atom stereocenters. The Morgan fingerprint density at radius 2 is 1.54 bits per heavy atom. The molecular weight excluding hydrogens is 352 g/mol. The zero-order chi connectivity index (χ0) is 19.6. The number of anilines is 2. The molecule has 0 aromatic heterocycles. The topological polar surface area (TPSA) is 73.5 Å². The number of hydrogen-bond donors (Lipinski definition) is 3. The number of carbonyl (C=O) groups is 2. The molecule has 28 heavy (non-hydrogen) atoms. The van der Waals surface area contributed by atoms with Crippen LogP contribution in [0.3, 0.4) is 0 Å². The van der Waals surface area contributed by atoms with Crippen LogP contribution in [0.15, 0.2) is 60.7 Å². The van der Waals surface area contributed by atoms with E-state index in [2.05, 4.69) is 20.9 Å². The van der Waals surface area contributed by atoms with Crippen LogP contribution in [0.5, 0.6) is 0 Å². The lowest BCUT2D eigenvalue weighted by molar-refractivity contribution is -0.116. The molecule has 6 nitrogen and oxygen atoms in total. The van der Waals surface area contributed by atoms with Gasteiger partial charge in [0.05, 0.1) is 0 Å². The zero-order valence-corrected chi connectivity index (χ0v) is 16.1. The maximum absolute atomic E-state index is 12.2. The summed E-state index contributed by atoms with van der Waals surface area (Å²) in [5.74, 6) is 0.0188. The number of hydrogen-bond acceptors (Lipinski definition) is 3. The van der Waals surface area contributed by atoms with Gasteiger partial charge in [-0.15, -0.1) is 0 Å². The minimum Gasteiger partial charge on any atom is -0.336 e. The number of carbonyl (C=O) groups excluding carboxylic acids is 2. The van der Waals surface area contributed by atoms with Gasteiger partial charge in [0.2, 0.25) is 5.91 Å². The van der Waals surface area contributed by atoms with Crippen molar-refractivity contribution in [2.45, 2.75) is 31.7 Å². The third-order valence-electron chi connectivity index (χ3n) is 4.96. The average Bonchev–Trinajstić information content (AvgIpc) is 2.73. The van der Waals surface area contributed by atoms with Crippen LogP contribution in [0, 0.1) is 0 Å². The van der Waals surface area contributed by atoms with Gasteiger partial charge in [0.25, 0.3) is 0 Å². The van der Waals surface area contributed by atoms with Crippen molar-refractivity contribution in [3.8, 4) is 0 Å². The molecular formula is C22H28N4O2. The van der Waals surface area contributed by atoms with E-state index in [1.807, 2.05) is 60.7 Å². The number of nitrogens with one attached hydrogen (secondary N) is 3. The molecule has 0 bridgehead atoms. The summed E-state index contributed by atoms with van der Waals surface area (Å²) in [5.41, 5.74) is 1.60. The molecule has 0 saturated carbocycles. The van der Waals surface area contributed by atoms with Crippen LogP contribution < -0.4 is 16.0 Å². The average molecular weight is 380 g/mol. The molecule has 1 aliphatic rings. The summed E-state index contributed by atoms with van der Waals surface area (Å²) >= 11 is 0. The Morgan fingerprint density at radius 1 is 0.893 bits per heavy atom. The standard InChI is InChI=1S/C22H28N4O2/c27-21(24-18-9-3-1-4-10-18)14-16-26-15-8-7-13-20(26)17-23-22(28)25-19-11-5-2-6-12-19/h1-6,9-12,20H,7-8,13-17H2,(H,24,27)(H2,23,25,28). The van der Waals surface area contributed by atoms with E-state index in [0.29, 0.717) is 19.5 Å². The van der Waals surface area contributed by atoms with E-state index in [0.717, 1.165) is 37.2 Å². The second-order valence-electron chi connectivity index (χ2n) is 7.05. The van der Waals surface area contributed by atoms with E-state index in [1.165, 1.54) is 0 Å². The number of urea groups is 1. The predicted octanol–water partition coefficient (Wildman–Crippen LogP) is 3.69. The molecule has 2 aromatic rings. The van der Waals surface area contributed by atoms with Gasteiger partial charge in [-0.05, 0) is 43.7 Å². The van der Waals surface area contributed by atoms with Crippen molar-refractivity contribution < 1.29 is 9.59 Å². The second-order valence-corrected chi connectivity index (χ2v) is 7.05. The number of benzene rings is 2. The Balaban J connectivity index is 1.43. The lowest BCUT2D eigenvalue weighted by Crippen LogP contribution is -2.48. The quantitative estimate of drug-likeness (QED) is 0.686. The van der Waals surface area contributed by atoms with E-state index < -0.39 is 0 Å². The van der Waals surface area contributed by atoms with Gasteiger partial charge in [-0.2, -0.15) is 0 Å². The number of nitrogens with zero attached hydrogens (tertiary/aromatic N) is 1. The summed E-state index contributed by atoms with van der Waals surface area (Å²) in [6.45, 7) is 2.25. The largest absolute Gasteiger partial charge is 0.336 e. The second kappa shape index (κ2) is 10.5. The Labute approximate surface area is 166 Å². The first kappa shape index (κ1) is 19.9. The van der Waals surface area contributed by atoms with Crippen molar-refractivity contribution in [2.75, 3.05) is 30.3 Å². The summed E-state index contributed by atoms with van der Waals surface area (Å²) in [4.78, 5) is 26.7. The fraction of sp³-hybridized carbons (Fsp3) is 0.364. The van der Waals surface area contributed by atoms with Crippen LogP contribution in [0.25, 0.3) is 0 Å². The third kappa shape index (κ3) is 6.39. The highest BCUT2D eigenvalue weighted by atomic mass is 16.2. The van der Waals surface area contributed by atoms with Gasteiger partial charge >= 0.3 is 6.03 Å². The number of amides is 3. The lowest BCUT2D eigenvalue weighted by atomic mass is 10.0. The first-order chi connectivity index (χ1) is 13.7. The summed E-state index contributed by atoms with van der Waals surface area (Å²) in [7, 11) is 0. The molecule has 1 heterocycles. The first-order valence-corrected chi connectivity index (χ1v) is 9.89. The van der Waals surface area contributed by atoms with E-state index >= 15 is 0 Å². The molecule has 0 radical (unpaired) electrons. The van der Waals surface area contributed by atoms with Gasteiger partial charge in [0.1, 0.15) is 0 Å². The number of likely N-dealkylation sites (tertiary alicyclic amines) is 1. The zero-order valence-electron chi connectivity index (χ0n) is 16.1. The van der Waals surface area contributed by atoms with E-state index in [-0.39, 0.29) is 18.0 Å². The predicted molar refractivity (Wildman–Crippen MR) is 112 cm³/mol. The minimum atomic E-state index is -0.196. The number of piperidine rings is 1. The SMILES string of the molecule is O=C(CCN1CCCCC1CNC(=O)Nc1ccccc1)Nc1ccccc1. The molecule has 0 aliphatic carbocycles. The Hall–Kier alpha value is -2.86. The van der Waals surface area contributed by atoms with E-state index in [9.17, 15) is 9.59 Å². The molecule has 6 heteroatoms. The van der Waals surface area contributed by atoms with Crippen LogP contribution >= 0.6 is 0 Å². The van der Waals surface area contributed by atoms with Crippen molar-refractivity contribution in [1.82, 2.24) is 10.2 Å². The van der Waals surface area contributed by atoms with Crippen molar-refractivity contribution in [2.24, 2.45) is 0 Å². The monoisotopic (exact) mass is 380 g/mol. The summed E-state index contributed by atoms with van der Waals surface area (Å²) in [6, 6.07) is 19.0. The molecule has 1 aliphatic heterocycles. The highest BCUT2D eigenvalue weighted by molar-refractivity contribution is 5.90. The molecule has 3 N–H and O–H groups in total. The van der Waals surface area contributed by atoms with Crippen molar-refractivity contribution in [3.05, 3.63) is 60.7 Å². The molecule has 3 rings (SSSR count). The highest BCUT2D eigenvalue weighted by Gasteiger charge is 2.23. The summed E-state index contributed by atoms with van der Waals surface area (Å²) in [6.07, 6.45) is 3.76. The van der Waals surface area contributed by atoms with Crippen molar-refractivity contribution in [1.29, 1.82) is 0 Å². The molecule has 1 fully saturated rings. The molecule has 0 spiro atoms. The van der Waals surface area contributed by atoms with Gasteiger partial charge in [0.15, 0.2) is 0 Å². The van der Waals surface area contributed by atoms with E-state index in [1.54, 1.807) is 0 Å². The van der Waals surface area contributed by atoms with Crippen molar-refractivity contribution in [3.63, 3.8) is 0 Å².